The molecule has 0 spiro atoms. The van der Waals surface area contributed by atoms with E-state index in [-0.39, 0.29) is 6.61 Å². The Bertz CT molecular complexity index is 452. The van der Waals surface area contributed by atoms with Gasteiger partial charge in [0, 0.05) is 18.7 Å². The first-order chi connectivity index (χ1) is 8.96. The van der Waals surface area contributed by atoms with E-state index in [1.807, 2.05) is 38.1 Å². The van der Waals surface area contributed by atoms with Gasteiger partial charge in [0.2, 0.25) is 0 Å². The number of aliphatic hydroxyl groups excluding tert-OH is 1. The van der Waals surface area contributed by atoms with Crippen LogP contribution in [0, 0.1) is 11.8 Å². The second-order valence-corrected chi connectivity index (χ2v) is 5.23. The zero-order valence-electron chi connectivity index (χ0n) is 12.0. The molecule has 1 aromatic rings. The van der Waals surface area contributed by atoms with E-state index in [9.17, 15) is 5.11 Å². The molecule has 0 aliphatic carbocycles. The number of hydrogen-bond acceptors (Lipinski definition) is 3. The SMILES string of the molecule is CCN(Cc1ccccc1C#CCO)CC(C)(C)O. The Morgan fingerprint density at radius 1 is 1.26 bits per heavy atom. The van der Waals surface area contributed by atoms with Crippen molar-refractivity contribution >= 4 is 0 Å². The lowest BCUT2D eigenvalue weighted by molar-refractivity contribution is 0.0353. The Labute approximate surface area is 115 Å². The lowest BCUT2D eigenvalue weighted by Crippen LogP contribution is -2.38. The molecule has 0 aliphatic heterocycles. The van der Waals surface area contributed by atoms with Gasteiger partial charge in [-0.05, 0) is 32.0 Å². The van der Waals surface area contributed by atoms with Gasteiger partial charge in [-0.1, -0.05) is 37.0 Å². The van der Waals surface area contributed by atoms with Crippen LogP contribution >= 0.6 is 0 Å². The molecule has 1 aromatic carbocycles. The third-order valence-electron chi connectivity index (χ3n) is 2.77. The summed E-state index contributed by atoms with van der Waals surface area (Å²) in [4.78, 5) is 2.18. The fourth-order valence-corrected chi connectivity index (χ4v) is 1.98. The Hall–Kier alpha value is -1.34. The molecule has 0 atom stereocenters. The van der Waals surface area contributed by atoms with Crippen LogP contribution in [0.4, 0.5) is 0 Å². The number of rotatable bonds is 5. The van der Waals surface area contributed by atoms with Crippen LogP contribution in [0.15, 0.2) is 24.3 Å². The van der Waals surface area contributed by atoms with Crippen LogP contribution in [-0.4, -0.2) is 40.4 Å². The van der Waals surface area contributed by atoms with Crippen molar-refractivity contribution in [3.8, 4) is 11.8 Å². The van der Waals surface area contributed by atoms with Gasteiger partial charge in [-0.25, -0.2) is 0 Å². The Morgan fingerprint density at radius 3 is 2.53 bits per heavy atom. The molecular weight excluding hydrogens is 238 g/mol. The second-order valence-electron chi connectivity index (χ2n) is 5.23. The normalized spacial score (nSPS) is 11.3. The molecule has 1 rings (SSSR count). The van der Waals surface area contributed by atoms with Gasteiger partial charge in [0.1, 0.15) is 6.61 Å². The van der Waals surface area contributed by atoms with Crippen LogP contribution < -0.4 is 0 Å². The Kier molecular flexibility index (Phi) is 6.04. The summed E-state index contributed by atoms with van der Waals surface area (Å²) < 4.78 is 0. The van der Waals surface area contributed by atoms with Crippen molar-refractivity contribution in [2.24, 2.45) is 0 Å². The van der Waals surface area contributed by atoms with Crippen LogP contribution in [0.3, 0.4) is 0 Å². The average Bonchev–Trinajstić information content (AvgIpc) is 2.35. The molecule has 0 bridgehead atoms. The Morgan fingerprint density at radius 2 is 1.95 bits per heavy atom. The fraction of sp³-hybridized carbons (Fsp3) is 0.500. The summed E-state index contributed by atoms with van der Waals surface area (Å²) in [5, 5.41) is 18.7. The van der Waals surface area contributed by atoms with E-state index >= 15 is 0 Å². The van der Waals surface area contributed by atoms with Crippen LogP contribution in [-0.2, 0) is 6.54 Å². The maximum atomic E-state index is 9.91. The van der Waals surface area contributed by atoms with Gasteiger partial charge in [0.05, 0.1) is 5.60 Å². The molecule has 2 N–H and O–H groups in total. The van der Waals surface area contributed by atoms with Gasteiger partial charge in [0.15, 0.2) is 0 Å². The number of likely N-dealkylation sites (N-methyl/N-ethyl adjacent to an activating group) is 1. The molecular formula is C16H23NO2. The maximum Gasteiger partial charge on any atom is 0.104 e. The summed E-state index contributed by atoms with van der Waals surface area (Å²) in [5.41, 5.74) is 1.35. The zero-order chi connectivity index (χ0) is 14.3. The van der Waals surface area contributed by atoms with E-state index in [2.05, 4.69) is 23.7 Å². The lowest BCUT2D eigenvalue weighted by atomic mass is 10.1. The largest absolute Gasteiger partial charge is 0.389 e. The highest BCUT2D eigenvalue weighted by Gasteiger charge is 2.17. The quantitative estimate of drug-likeness (QED) is 0.792. The molecule has 0 saturated heterocycles. The average molecular weight is 261 g/mol. The highest BCUT2D eigenvalue weighted by Crippen LogP contribution is 2.13. The molecule has 0 fully saturated rings. The Balaban J connectivity index is 2.85. The molecule has 0 amide bonds. The summed E-state index contributed by atoms with van der Waals surface area (Å²) in [6, 6.07) is 7.92. The second kappa shape index (κ2) is 7.30. The van der Waals surface area contributed by atoms with Gasteiger partial charge in [-0.3, -0.25) is 4.90 Å². The van der Waals surface area contributed by atoms with Gasteiger partial charge in [-0.2, -0.15) is 0 Å². The van der Waals surface area contributed by atoms with E-state index in [1.165, 1.54) is 0 Å². The highest BCUT2D eigenvalue weighted by molar-refractivity contribution is 5.41. The van der Waals surface area contributed by atoms with E-state index in [0.717, 1.165) is 24.2 Å². The van der Waals surface area contributed by atoms with Crippen molar-refractivity contribution in [2.45, 2.75) is 32.9 Å². The van der Waals surface area contributed by atoms with Crippen LogP contribution in [0.1, 0.15) is 31.9 Å². The van der Waals surface area contributed by atoms with Crippen molar-refractivity contribution in [1.29, 1.82) is 0 Å². The third-order valence-corrected chi connectivity index (χ3v) is 2.77. The predicted molar refractivity (Wildman–Crippen MR) is 77.7 cm³/mol. The summed E-state index contributed by atoms with van der Waals surface area (Å²) >= 11 is 0. The molecule has 104 valence electrons. The van der Waals surface area contributed by atoms with Crippen molar-refractivity contribution < 1.29 is 10.2 Å². The van der Waals surface area contributed by atoms with E-state index < -0.39 is 5.60 Å². The molecule has 0 aromatic heterocycles. The molecule has 0 radical (unpaired) electrons. The van der Waals surface area contributed by atoms with E-state index in [4.69, 9.17) is 5.11 Å². The molecule has 0 aliphatic rings. The van der Waals surface area contributed by atoms with Crippen LogP contribution in [0.5, 0.6) is 0 Å². The molecule has 0 unspecified atom stereocenters. The lowest BCUT2D eigenvalue weighted by Gasteiger charge is -2.28. The molecule has 19 heavy (non-hydrogen) atoms. The summed E-state index contributed by atoms with van der Waals surface area (Å²) in [6.07, 6.45) is 0. The number of aliphatic hydroxyl groups is 2. The smallest absolute Gasteiger partial charge is 0.104 e. The van der Waals surface area contributed by atoms with Crippen molar-refractivity contribution in [3.63, 3.8) is 0 Å². The van der Waals surface area contributed by atoms with Crippen LogP contribution in [0.2, 0.25) is 0 Å². The zero-order valence-corrected chi connectivity index (χ0v) is 12.0. The van der Waals surface area contributed by atoms with Gasteiger partial charge in [0.25, 0.3) is 0 Å². The van der Waals surface area contributed by atoms with Crippen molar-refractivity contribution in [2.75, 3.05) is 19.7 Å². The van der Waals surface area contributed by atoms with E-state index in [1.54, 1.807) is 0 Å². The number of hydrogen-bond donors (Lipinski definition) is 2. The number of nitrogens with zero attached hydrogens (tertiary/aromatic N) is 1. The first-order valence-corrected chi connectivity index (χ1v) is 6.58. The summed E-state index contributed by atoms with van der Waals surface area (Å²) in [7, 11) is 0. The van der Waals surface area contributed by atoms with Gasteiger partial charge >= 0.3 is 0 Å². The minimum absolute atomic E-state index is 0.129. The molecule has 0 saturated carbocycles. The van der Waals surface area contributed by atoms with E-state index in [0.29, 0.717) is 6.54 Å². The highest BCUT2D eigenvalue weighted by atomic mass is 16.3. The summed E-state index contributed by atoms with van der Waals surface area (Å²) in [6.45, 7) is 7.80. The third kappa shape index (κ3) is 5.89. The van der Waals surface area contributed by atoms with Crippen LogP contribution in [0.25, 0.3) is 0 Å². The minimum atomic E-state index is -0.707. The van der Waals surface area contributed by atoms with Crippen molar-refractivity contribution in [3.05, 3.63) is 35.4 Å². The molecule has 3 heteroatoms. The fourth-order valence-electron chi connectivity index (χ4n) is 1.98. The van der Waals surface area contributed by atoms with Crippen molar-refractivity contribution in [1.82, 2.24) is 4.90 Å². The topological polar surface area (TPSA) is 43.7 Å². The molecule has 0 heterocycles. The van der Waals surface area contributed by atoms with Gasteiger partial charge in [-0.15, -0.1) is 0 Å². The predicted octanol–water partition coefficient (Wildman–Crippen LogP) is 1.62. The monoisotopic (exact) mass is 261 g/mol. The first-order valence-electron chi connectivity index (χ1n) is 6.58. The molecule has 3 nitrogen and oxygen atoms in total. The minimum Gasteiger partial charge on any atom is -0.389 e. The number of benzene rings is 1. The standard InChI is InChI=1S/C16H23NO2/c1-4-17(13-16(2,3)19)12-15-9-6-5-8-14(15)10-7-11-18/h5-6,8-9,18-19H,4,11-13H2,1-3H3. The first kappa shape index (κ1) is 15.7. The summed E-state index contributed by atoms with van der Waals surface area (Å²) in [5.74, 6) is 5.65. The maximum absolute atomic E-state index is 9.91. The van der Waals surface area contributed by atoms with Gasteiger partial charge < -0.3 is 10.2 Å².